The SMILES string of the molecule is CCc1ccc(CNCCC2CCNC2)cc1. The second-order valence-corrected chi connectivity index (χ2v) is 4.99. The molecule has 1 fully saturated rings. The van der Waals surface area contributed by atoms with Gasteiger partial charge in [-0.15, -0.1) is 0 Å². The minimum Gasteiger partial charge on any atom is -0.316 e. The number of hydrogen-bond donors (Lipinski definition) is 2. The van der Waals surface area contributed by atoms with Crippen LogP contribution in [0.4, 0.5) is 0 Å². The molecule has 1 saturated heterocycles. The average Bonchev–Trinajstić information content (AvgIpc) is 2.88. The zero-order valence-corrected chi connectivity index (χ0v) is 10.8. The Morgan fingerprint density at radius 1 is 1.24 bits per heavy atom. The first-order chi connectivity index (χ1) is 8.38. The third-order valence-corrected chi connectivity index (χ3v) is 3.65. The Kier molecular flexibility index (Phi) is 5.02. The maximum Gasteiger partial charge on any atom is 0.0205 e. The monoisotopic (exact) mass is 232 g/mol. The van der Waals surface area contributed by atoms with E-state index in [1.165, 1.54) is 37.1 Å². The molecule has 1 aliphatic heterocycles. The first-order valence-corrected chi connectivity index (χ1v) is 6.87. The lowest BCUT2D eigenvalue weighted by molar-refractivity contribution is 0.500. The molecular formula is C15H24N2. The van der Waals surface area contributed by atoms with Gasteiger partial charge in [-0.25, -0.2) is 0 Å². The highest BCUT2D eigenvalue weighted by Crippen LogP contribution is 2.11. The van der Waals surface area contributed by atoms with E-state index in [1.807, 2.05) is 0 Å². The molecule has 1 aromatic rings. The zero-order valence-electron chi connectivity index (χ0n) is 10.8. The smallest absolute Gasteiger partial charge is 0.0205 e. The lowest BCUT2D eigenvalue weighted by Crippen LogP contribution is -2.19. The Hall–Kier alpha value is -0.860. The molecule has 0 saturated carbocycles. The number of aryl methyl sites for hydroxylation is 1. The van der Waals surface area contributed by atoms with Gasteiger partial charge in [-0.1, -0.05) is 31.2 Å². The van der Waals surface area contributed by atoms with E-state index >= 15 is 0 Å². The summed E-state index contributed by atoms with van der Waals surface area (Å²) in [4.78, 5) is 0. The molecule has 1 heterocycles. The van der Waals surface area contributed by atoms with Gasteiger partial charge in [0.25, 0.3) is 0 Å². The van der Waals surface area contributed by atoms with Crippen LogP contribution in [-0.2, 0) is 13.0 Å². The van der Waals surface area contributed by atoms with Crippen LogP contribution in [0.5, 0.6) is 0 Å². The van der Waals surface area contributed by atoms with Gasteiger partial charge in [-0.3, -0.25) is 0 Å². The first kappa shape index (κ1) is 12.6. The van der Waals surface area contributed by atoms with Gasteiger partial charge in [0, 0.05) is 6.54 Å². The molecule has 1 aromatic carbocycles. The van der Waals surface area contributed by atoms with Gasteiger partial charge < -0.3 is 10.6 Å². The van der Waals surface area contributed by atoms with E-state index in [9.17, 15) is 0 Å². The predicted octanol–water partition coefficient (Wildman–Crippen LogP) is 2.34. The lowest BCUT2D eigenvalue weighted by atomic mass is 10.1. The van der Waals surface area contributed by atoms with Crippen LogP contribution in [0.25, 0.3) is 0 Å². The molecule has 94 valence electrons. The van der Waals surface area contributed by atoms with Gasteiger partial charge in [0.15, 0.2) is 0 Å². The minimum absolute atomic E-state index is 0.893. The first-order valence-electron chi connectivity index (χ1n) is 6.87. The largest absolute Gasteiger partial charge is 0.316 e. The van der Waals surface area contributed by atoms with Crippen molar-refractivity contribution in [2.24, 2.45) is 5.92 Å². The molecule has 0 amide bonds. The van der Waals surface area contributed by atoms with Crippen LogP contribution >= 0.6 is 0 Å². The molecule has 2 rings (SSSR count). The van der Waals surface area contributed by atoms with Crippen LogP contribution in [0.1, 0.15) is 30.9 Å². The quantitative estimate of drug-likeness (QED) is 0.736. The Balaban J connectivity index is 1.63. The summed E-state index contributed by atoms with van der Waals surface area (Å²) in [5, 5.41) is 6.95. The molecule has 0 radical (unpaired) electrons. The number of nitrogens with one attached hydrogen (secondary N) is 2. The number of rotatable bonds is 6. The normalized spacial score (nSPS) is 19.7. The minimum atomic E-state index is 0.893. The molecule has 1 atom stereocenters. The van der Waals surface area contributed by atoms with Crippen molar-refractivity contribution in [1.29, 1.82) is 0 Å². The highest BCUT2D eigenvalue weighted by molar-refractivity contribution is 5.22. The van der Waals surface area contributed by atoms with Crippen molar-refractivity contribution in [3.63, 3.8) is 0 Å². The van der Waals surface area contributed by atoms with Crippen LogP contribution in [-0.4, -0.2) is 19.6 Å². The van der Waals surface area contributed by atoms with E-state index in [1.54, 1.807) is 0 Å². The molecular weight excluding hydrogens is 208 g/mol. The fourth-order valence-electron chi connectivity index (χ4n) is 2.39. The molecule has 0 spiro atoms. The van der Waals surface area contributed by atoms with Gasteiger partial charge >= 0.3 is 0 Å². The van der Waals surface area contributed by atoms with Crippen LogP contribution in [0.3, 0.4) is 0 Å². The summed E-state index contributed by atoms with van der Waals surface area (Å²) in [5.41, 5.74) is 2.82. The third-order valence-electron chi connectivity index (χ3n) is 3.65. The van der Waals surface area contributed by atoms with Crippen LogP contribution in [0.2, 0.25) is 0 Å². The molecule has 1 aliphatic rings. The van der Waals surface area contributed by atoms with Gasteiger partial charge in [0.1, 0.15) is 0 Å². The van der Waals surface area contributed by atoms with Crippen molar-refractivity contribution in [2.45, 2.75) is 32.7 Å². The van der Waals surface area contributed by atoms with Crippen molar-refractivity contribution in [1.82, 2.24) is 10.6 Å². The molecule has 0 aromatic heterocycles. The maximum atomic E-state index is 3.54. The summed E-state index contributed by atoms with van der Waals surface area (Å²) >= 11 is 0. The van der Waals surface area contributed by atoms with Gasteiger partial charge in [-0.2, -0.15) is 0 Å². The lowest BCUT2D eigenvalue weighted by Gasteiger charge is -2.09. The summed E-state index contributed by atoms with van der Waals surface area (Å²) in [6.45, 7) is 6.77. The Morgan fingerprint density at radius 3 is 2.65 bits per heavy atom. The summed E-state index contributed by atoms with van der Waals surface area (Å²) in [7, 11) is 0. The van der Waals surface area contributed by atoms with Crippen molar-refractivity contribution in [2.75, 3.05) is 19.6 Å². The number of benzene rings is 1. The highest BCUT2D eigenvalue weighted by atomic mass is 14.9. The fourth-order valence-corrected chi connectivity index (χ4v) is 2.39. The van der Waals surface area contributed by atoms with Crippen molar-refractivity contribution >= 4 is 0 Å². The summed E-state index contributed by atoms with van der Waals surface area (Å²) in [5.74, 6) is 0.893. The molecule has 17 heavy (non-hydrogen) atoms. The summed E-state index contributed by atoms with van der Waals surface area (Å²) < 4.78 is 0. The summed E-state index contributed by atoms with van der Waals surface area (Å²) in [6.07, 6.45) is 3.79. The van der Waals surface area contributed by atoms with E-state index in [2.05, 4.69) is 41.8 Å². The zero-order chi connectivity index (χ0) is 11.9. The van der Waals surface area contributed by atoms with Gasteiger partial charge in [0.2, 0.25) is 0 Å². The van der Waals surface area contributed by atoms with Gasteiger partial charge in [0.05, 0.1) is 0 Å². The molecule has 0 bridgehead atoms. The molecule has 2 heteroatoms. The van der Waals surface area contributed by atoms with Gasteiger partial charge in [-0.05, 0) is 55.9 Å². The van der Waals surface area contributed by atoms with E-state index in [0.717, 1.165) is 25.4 Å². The van der Waals surface area contributed by atoms with Crippen molar-refractivity contribution in [3.05, 3.63) is 35.4 Å². The fraction of sp³-hybridized carbons (Fsp3) is 0.600. The highest BCUT2D eigenvalue weighted by Gasteiger charge is 2.12. The molecule has 2 nitrogen and oxygen atoms in total. The second-order valence-electron chi connectivity index (χ2n) is 4.99. The third kappa shape index (κ3) is 4.14. The van der Waals surface area contributed by atoms with E-state index in [-0.39, 0.29) is 0 Å². The molecule has 1 unspecified atom stereocenters. The number of hydrogen-bond acceptors (Lipinski definition) is 2. The van der Waals surface area contributed by atoms with E-state index < -0.39 is 0 Å². The standard InChI is InChI=1S/C15H24N2/c1-2-13-3-5-14(6-4-13)11-16-9-7-15-8-10-17-12-15/h3-6,15-17H,2,7-12H2,1H3. The maximum absolute atomic E-state index is 3.54. The topological polar surface area (TPSA) is 24.1 Å². The Bertz CT molecular complexity index is 312. The van der Waals surface area contributed by atoms with Crippen LogP contribution < -0.4 is 10.6 Å². The molecule has 0 aliphatic carbocycles. The van der Waals surface area contributed by atoms with Crippen LogP contribution in [0.15, 0.2) is 24.3 Å². The van der Waals surface area contributed by atoms with E-state index in [0.29, 0.717) is 0 Å². The molecule has 2 N–H and O–H groups in total. The van der Waals surface area contributed by atoms with Crippen LogP contribution in [0, 0.1) is 5.92 Å². The second kappa shape index (κ2) is 6.77. The average molecular weight is 232 g/mol. The predicted molar refractivity (Wildman–Crippen MR) is 73.1 cm³/mol. The Morgan fingerprint density at radius 2 is 2.00 bits per heavy atom. The Labute approximate surface area is 105 Å². The van der Waals surface area contributed by atoms with Crippen molar-refractivity contribution in [3.8, 4) is 0 Å². The van der Waals surface area contributed by atoms with Crippen molar-refractivity contribution < 1.29 is 0 Å². The van der Waals surface area contributed by atoms with E-state index in [4.69, 9.17) is 0 Å². The summed E-state index contributed by atoms with van der Waals surface area (Å²) in [6, 6.07) is 8.95.